The smallest absolute Gasteiger partial charge is 0.264 e. The number of carbonyl (C=O) groups is 1. The van der Waals surface area contributed by atoms with Crippen molar-refractivity contribution in [2.75, 3.05) is 6.61 Å². The summed E-state index contributed by atoms with van der Waals surface area (Å²) in [6.45, 7) is 2.22. The lowest BCUT2D eigenvalue weighted by Gasteiger charge is -2.49. The molecule has 5 rings (SSSR count). The van der Waals surface area contributed by atoms with Gasteiger partial charge in [-0.3, -0.25) is 10.1 Å². The monoisotopic (exact) mass is 545 g/mol. The Morgan fingerprint density at radius 3 is 2.42 bits per heavy atom. The summed E-state index contributed by atoms with van der Waals surface area (Å²) in [5, 5.41) is 8.41. The molecule has 1 spiro atoms. The van der Waals surface area contributed by atoms with E-state index >= 15 is 0 Å². The number of benzene rings is 3. The maximum absolute atomic E-state index is 13.8. The van der Waals surface area contributed by atoms with Gasteiger partial charge in [0.2, 0.25) is 0 Å². The van der Waals surface area contributed by atoms with Crippen LogP contribution in [-0.4, -0.2) is 23.8 Å². The van der Waals surface area contributed by atoms with Gasteiger partial charge in [0, 0.05) is 15.6 Å². The summed E-state index contributed by atoms with van der Waals surface area (Å²) >= 11 is 3.49. The minimum absolute atomic E-state index is 0.0482. The van der Waals surface area contributed by atoms with E-state index in [2.05, 4.69) is 50.0 Å². The van der Waals surface area contributed by atoms with Gasteiger partial charge < -0.3 is 4.74 Å². The molecular weight excluding hydrogens is 514 g/mol. The highest BCUT2D eigenvalue weighted by molar-refractivity contribution is 9.10. The third-order valence-corrected chi connectivity index (χ3v) is 7.98. The Kier molecular flexibility index (Phi) is 7.26. The van der Waals surface area contributed by atoms with E-state index < -0.39 is 5.54 Å². The van der Waals surface area contributed by atoms with E-state index in [0.717, 1.165) is 40.6 Å². The summed E-state index contributed by atoms with van der Waals surface area (Å²) in [6.07, 6.45) is 6.77. The molecule has 3 aromatic rings. The lowest BCUT2D eigenvalue weighted by molar-refractivity contribution is -0.129. The number of amides is 1. The normalized spacial score (nSPS) is 21.0. The Balaban J connectivity index is 1.43. The molecule has 3 aromatic carbocycles. The van der Waals surface area contributed by atoms with Crippen molar-refractivity contribution in [3.63, 3.8) is 0 Å². The fourth-order valence-electron chi connectivity index (χ4n) is 5.60. The van der Waals surface area contributed by atoms with E-state index in [1.807, 2.05) is 67.6 Å². The summed E-state index contributed by atoms with van der Waals surface area (Å²) in [5.74, 6) is 0.594. The highest BCUT2D eigenvalue weighted by Crippen LogP contribution is 2.41. The molecule has 0 saturated heterocycles. The number of hydrazone groups is 1. The molecule has 0 unspecified atom stereocenters. The van der Waals surface area contributed by atoms with Crippen molar-refractivity contribution >= 4 is 27.5 Å². The minimum atomic E-state index is -0.874. The molecule has 1 fully saturated rings. The van der Waals surface area contributed by atoms with Gasteiger partial charge in [-0.05, 0) is 61.6 Å². The highest BCUT2D eigenvalue weighted by atomic mass is 79.9. The fraction of sp³-hybridized carbons (Fsp3) is 0.333. The van der Waals surface area contributed by atoms with E-state index in [1.165, 1.54) is 24.8 Å². The van der Waals surface area contributed by atoms with Gasteiger partial charge >= 0.3 is 0 Å². The standard InChI is InChI=1S/C30H32BrN3O2/c1-29(26-13-7-6-10-23(26)20-30(34-29)18-8-3-9-19-30)28(35)33-32-27(22-14-16-24(31)17-15-22)21-36-25-11-4-2-5-12-25/h2,4-7,10-17,34H,3,8-9,18-21H2,1H3,(H,33,35)/b32-27-/t29-/m0/s1. The lowest BCUT2D eigenvalue weighted by atomic mass is 9.69. The van der Waals surface area contributed by atoms with Gasteiger partial charge in [-0.2, -0.15) is 5.10 Å². The number of nitrogens with zero attached hydrogens (tertiary/aromatic N) is 1. The molecule has 5 nitrogen and oxygen atoms in total. The first-order chi connectivity index (χ1) is 17.5. The number of para-hydroxylation sites is 1. The zero-order valence-electron chi connectivity index (χ0n) is 20.6. The van der Waals surface area contributed by atoms with Crippen molar-refractivity contribution in [3.05, 3.63) is 100 Å². The number of nitrogens with one attached hydrogen (secondary N) is 2. The molecule has 6 heteroatoms. The second-order valence-electron chi connectivity index (χ2n) is 10.0. The molecule has 1 heterocycles. The molecular formula is C30H32BrN3O2. The summed E-state index contributed by atoms with van der Waals surface area (Å²) in [6, 6.07) is 25.8. The van der Waals surface area contributed by atoms with Crippen molar-refractivity contribution in [2.24, 2.45) is 5.10 Å². The fourth-order valence-corrected chi connectivity index (χ4v) is 5.86. The molecule has 1 saturated carbocycles. The van der Waals surface area contributed by atoms with Gasteiger partial charge in [-0.1, -0.05) is 89.8 Å². The van der Waals surface area contributed by atoms with Gasteiger partial charge in [0.05, 0.1) is 0 Å². The first-order valence-electron chi connectivity index (χ1n) is 12.7. The Hall–Kier alpha value is -2.96. The third kappa shape index (κ3) is 5.25. The van der Waals surface area contributed by atoms with Gasteiger partial charge in [-0.25, -0.2) is 5.43 Å². The molecule has 2 aliphatic rings. The van der Waals surface area contributed by atoms with Gasteiger partial charge in [0.15, 0.2) is 0 Å². The summed E-state index contributed by atoms with van der Waals surface area (Å²) in [4.78, 5) is 13.8. The third-order valence-electron chi connectivity index (χ3n) is 7.45. The number of fused-ring (bicyclic) bond motifs is 1. The molecule has 36 heavy (non-hydrogen) atoms. The van der Waals surface area contributed by atoms with E-state index in [4.69, 9.17) is 4.74 Å². The molecule has 0 aromatic heterocycles. The second kappa shape index (κ2) is 10.6. The first kappa shape index (κ1) is 24.7. The molecule has 2 N–H and O–H groups in total. The zero-order chi connectivity index (χ0) is 25.0. The number of halogens is 1. The number of hydrogen-bond donors (Lipinski definition) is 2. The van der Waals surface area contributed by atoms with E-state index in [0.29, 0.717) is 5.71 Å². The predicted octanol–water partition coefficient (Wildman–Crippen LogP) is 6.11. The summed E-state index contributed by atoms with van der Waals surface area (Å²) in [5.41, 5.74) is 5.80. The Bertz CT molecular complexity index is 1240. The largest absolute Gasteiger partial charge is 0.487 e. The average Bonchev–Trinajstić information content (AvgIpc) is 2.90. The molecule has 1 amide bonds. The van der Waals surface area contributed by atoms with Crippen LogP contribution in [-0.2, 0) is 16.8 Å². The van der Waals surface area contributed by atoms with Gasteiger partial charge in [0.25, 0.3) is 5.91 Å². The molecule has 0 bridgehead atoms. The number of carbonyl (C=O) groups excluding carboxylic acids is 1. The van der Waals surface area contributed by atoms with Crippen LogP contribution < -0.4 is 15.5 Å². The molecule has 0 radical (unpaired) electrons. The maximum atomic E-state index is 13.8. The maximum Gasteiger partial charge on any atom is 0.264 e. The topological polar surface area (TPSA) is 62.7 Å². The lowest BCUT2D eigenvalue weighted by Crippen LogP contribution is -2.65. The molecule has 1 aliphatic heterocycles. The van der Waals surface area contributed by atoms with Crippen molar-refractivity contribution in [2.45, 2.75) is 56.5 Å². The van der Waals surface area contributed by atoms with Crippen LogP contribution in [0.2, 0.25) is 0 Å². The first-order valence-corrected chi connectivity index (χ1v) is 13.5. The van der Waals surface area contributed by atoms with Crippen molar-refractivity contribution in [1.29, 1.82) is 0 Å². The molecule has 1 aliphatic carbocycles. The Labute approximate surface area is 221 Å². The van der Waals surface area contributed by atoms with E-state index in [-0.39, 0.29) is 18.1 Å². The second-order valence-corrected chi connectivity index (χ2v) is 10.9. The van der Waals surface area contributed by atoms with Crippen molar-refractivity contribution in [3.8, 4) is 5.75 Å². The summed E-state index contributed by atoms with van der Waals surface area (Å²) < 4.78 is 6.97. The number of rotatable bonds is 6. The van der Waals surface area contributed by atoms with Gasteiger partial charge in [-0.15, -0.1) is 0 Å². The van der Waals surface area contributed by atoms with Crippen LogP contribution in [0.3, 0.4) is 0 Å². The van der Waals surface area contributed by atoms with E-state index in [1.54, 1.807) is 0 Å². The summed E-state index contributed by atoms with van der Waals surface area (Å²) in [7, 11) is 0. The van der Waals surface area contributed by atoms with Crippen LogP contribution in [0.4, 0.5) is 0 Å². The molecule has 1 atom stereocenters. The van der Waals surface area contributed by atoms with Crippen LogP contribution in [0.15, 0.2) is 88.4 Å². The Morgan fingerprint density at radius 1 is 0.972 bits per heavy atom. The van der Waals surface area contributed by atoms with Crippen LogP contribution in [0.5, 0.6) is 5.75 Å². The van der Waals surface area contributed by atoms with Gasteiger partial charge in [0.1, 0.15) is 23.6 Å². The average molecular weight is 547 g/mol. The minimum Gasteiger partial charge on any atom is -0.487 e. The van der Waals surface area contributed by atoms with Crippen molar-refractivity contribution < 1.29 is 9.53 Å². The number of hydrogen-bond acceptors (Lipinski definition) is 4. The molecule has 186 valence electrons. The van der Waals surface area contributed by atoms with Crippen LogP contribution >= 0.6 is 15.9 Å². The van der Waals surface area contributed by atoms with E-state index in [9.17, 15) is 4.79 Å². The van der Waals surface area contributed by atoms with Crippen LogP contribution in [0.1, 0.15) is 55.7 Å². The zero-order valence-corrected chi connectivity index (χ0v) is 22.2. The predicted molar refractivity (Wildman–Crippen MR) is 147 cm³/mol. The number of ether oxygens (including phenoxy) is 1. The Morgan fingerprint density at radius 2 is 1.67 bits per heavy atom. The highest BCUT2D eigenvalue weighted by Gasteiger charge is 2.48. The van der Waals surface area contributed by atoms with Crippen LogP contribution in [0.25, 0.3) is 0 Å². The van der Waals surface area contributed by atoms with Crippen LogP contribution in [0, 0.1) is 0 Å². The quantitative estimate of drug-likeness (QED) is 0.290. The SMILES string of the molecule is C[C@]1(C(=O)N/N=C(/COc2ccccc2)c2ccc(Br)cc2)NC2(CCCCC2)Cc2ccccc21. The van der Waals surface area contributed by atoms with Crippen molar-refractivity contribution in [1.82, 2.24) is 10.7 Å².